The first-order valence-electron chi connectivity index (χ1n) is 7.71. The number of nitrogens with one attached hydrogen (secondary N) is 1. The molecular formula is C17H21N3O4S. The molecule has 1 aromatic carbocycles. The molecule has 7 nitrogen and oxygen atoms in total. The Labute approximate surface area is 147 Å². The van der Waals surface area contributed by atoms with Crippen LogP contribution in [0.1, 0.15) is 35.5 Å². The van der Waals surface area contributed by atoms with Crippen molar-refractivity contribution >= 4 is 21.7 Å². The Hall–Kier alpha value is -2.61. The second kappa shape index (κ2) is 7.52. The van der Waals surface area contributed by atoms with Crippen LogP contribution in [0.25, 0.3) is 0 Å². The van der Waals surface area contributed by atoms with Crippen LogP contribution in [0.5, 0.6) is 0 Å². The highest BCUT2D eigenvalue weighted by molar-refractivity contribution is 7.89. The molecule has 8 heteroatoms. The number of hydrazone groups is 1. The summed E-state index contributed by atoms with van der Waals surface area (Å²) in [5.74, 6) is -0.440. The van der Waals surface area contributed by atoms with Crippen LogP contribution in [0.4, 0.5) is 0 Å². The lowest BCUT2D eigenvalue weighted by molar-refractivity contribution is 0.0515. The van der Waals surface area contributed by atoms with Crippen molar-refractivity contribution in [1.82, 2.24) is 9.40 Å². The van der Waals surface area contributed by atoms with Crippen molar-refractivity contribution in [3.8, 4) is 0 Å². The Morgan fingerprint density at radius 2 is 1.92 bits per heavy atom. The summed E-state index contributed by atoms with van der Waals surface area (Å²) in [5.41, 5.74) is 2.39. The first-order valence-corrected chi connectivity index (χ1v) is 9.19. The average Bonchev–Trinajstić information content (AvgIpc) is 2.95. The lowest BCUT2D eigenvalue weighted by Gasteiger charge is -2.05. The van der Waals surface area contributed by atoms with Crippen molar-refractivity contribution in [2.24, 2.45) is 12.1 Å². The fourth-order valence-corrected chi connectivity index (χ4v) is 2.99. The molecule has 0 fully saturated rings. The molecule has 0 saturated carbocycles. The predicted molar refractivity (Wildman–Crippen MR) is 95.1 cm³/mol. The van der Waals surface area contributed by atoms with Gasteiger partial charge in [-0.3, -0.25) is 0 Å². The highest BCUT2D eigenvalue weighted by Gasteiger charge is 2.16. The zero-order chi connectivity index (χ0) is 18.6. The van der Waals surface area contributed by atoms with Gasteiger partial charge in [-0.1, -0.05) is 17.7 Å². The molecule has 25 heavy (non-hydrogen) atoms. The summed E-state index contributed by atoms with van der Waals surface area (Å²) in [6.45, 7) is 5.54. The van der Waals surface area contributed by atoms with Crippen LogP contribution in [-0.4, -0.2) is 31.3 Å². The quantitative estimate of drug-likeness (QED) is 0.484. The van der Waals surface area contributed by atoms with E-state index in [1.54, 1.807) is 49.9 Å². The number of hydrogen-bond donors (Lipinski definition) is 1. The van der Waals surface area contributed by atoms with Crippen molar-refractivity contribution in [3.05, 3.63) is 53.3 Å². The van der Waals surface area contributed by atoms with E-state index in [9.17, 15) is 13.2 Å². The summed E-state index contributed by atoms with van der Waals surface area (Å²) in [6.07, 6.45) is 1.69. The Morgan fingerprint density at radius 3 is 2.52 bits per heavy atom. The number of carbonyl (C=O) groups excluding carboxylic acids is 1. The average molecular weight is 363 g/mol. The number of benzene rings is 1. The van der Waals surface area contributed by atoms with E-state index in [0.717, 1.165) is 5.56 Å². The largest absolute Gasteiger partial charge is 0.461 e. The van der Waals surface area contributed by atoms with Gasteiger partial charge in [0.05, 0.1) is 17.2 Å². The second-order valence-corrected chi connectivity index (χ2v) is 7.21. The third-order valence-electron chi connectivity index (χ3n) is 3.57. The van der Waals surface area contributed by atoms with Gasteiger partial charge in [-0.15, -0.1) is 0 Å². The molecule has 0 saturated heterocycles. The van der Waals surface area contributed by atoms with Crippen LogP contribution >= 0.6 is 0 Å². The molecule has 0 aliphatic heterocycles. The summed E-state index contributed by atoms with van der Waals surface area (Å²) in [7, 11) is -2.04. The lowest BCUT2D eigenvalue weighted by Crippen LogP contribution is -2.19. The van der Waals surface area contributed by atoms with Crippen LogP contribution in [0.2, 0.25) is 0 Å². The molecule has 0 aliphatic carbocycles. The maximum Gasteiger partial charge on any atom is 0.354 e. The Balaban J connectivity index is 2.20. The minimum atomic E-state index is -3.74. The number of esters is 1. The molecule has 0 spiro atoms. The monoisotopic (exact) mass is 363 g/mol. The van der Waals surface area contributed by atoms with Crippen molar-refractivity contribution in [2.45, 2.75) is 25.7 Å². The van der Waals surface area contributed by atoms with E-state index in [2.05, 4.69) is 9.93 Å². The number of hydrogen-bond acceptors (Lipinski definition) is 5. The molecule has 0 radical (unpaired) electrons. The molecule has 134 valence electrons. The smallest absolute Gasteiger partial charge is 0.354 e. The standard InChI is InChI=1S/C17H21N3O4S/c1-5-24-17(21)16-10-14(11-20(16)4)13(3)18-19-25(22,23)15-8-6-12(2)7-9-15/h6-11,19H,5H2,1-4H3/b18-13+. The van der Waals surface area contributed by atoms with Crippen LogP contribution in [0.15, 0.2) is 46.5 Å². The fraction of sp³-hybridized carbons (Fsp3) is 0.294. The number of nitrogens with zero attached hydrogens (tertiary/aromatic N) is 2. The van der Waals surface area contributed by atoms with Gasteiger partial charge < -0.3 is 9.30 Å². The van der Waals surface area contributed by atoms with Crippen LogP contribution in [-0.2, 0) is 21.8 Å². The molecule has 0 aliphatic rings. The van der Waals surface area contributed by atoms with Gasteiger partial charge in [-0.05, 0) is 39.0 Å². The van der Waals surface area contributed by atoms with Gasteiger partial charge in [0.1, 0.15) is 5.69 Å². The van der Waals surface area contributed by atoms with Crippen LogP contribution in [0, 0.1) is 6.92 Å². The highest BCUT2D eigenvalue weighted by Crippen LogP contribution is 2.12. The molecule has 0 unspecified atom stereocenters. The number of aromatic nitrogens is 1. The number of aryl methyl sites for hydroxylation is 2. The minimum absolute atomic E-state index is 0.134. The first kappa shape index (κ1) is 18.7. The molecule has 0 bridgehead atoms. The van der Waals surface area contributed by atoms with E-state index < -0.39 is 16.0 Å². The van der Waals surface area contributed by atoms with Gasteiger partial charge in [-0.2, -0.15) is 18.4 Å². The van der Waals surface area contributed by atoms with Crippen LogP contribution in [0.3, 0.4) is 0 Å². The van der Waals surface area contributed by atoms with E-state index >= 15 is 0 Å². The molecule has 2 rings (SSSR count). The molecule has 1 heterocycles. The van der Waals surface area contributed by atoms with E-state index in [4.69, 9.17) is 4.74 Å². The Kier molecular flexibility index (Phi) is 5.63. The summed E-state index contributed by atoms with van der Waals surface area (Å²) >= 11 is 0. The topological polar surface area (TPSA) is 89.8 Å². The highest BCUT2D eigenvalue weighted by atomic mass is 32.2. The first-order chi connectivity index (χ1) is 11.7. The molecular weight excluding hydrogens is 342 g/mol. The normalized spacial score (nSPS) is 12.1. The molecule has 0 amide bonds. The summed E-state index contributed by atoms with van der Waals surface area (Å²) < 4.78 is 31.1. The van der Waals surface area contributed by atoms with Gasteiger partial charge in [0.15, 0.2) is 0 Å². The minimum Gasteiger partial charge on any atom is -0.461 e. The fourth-order valence-electron chi connectivity index (χ4n) is 2.13. The van der Waals surface area contributed by atoms with E-state index in [-0.39, 0.29) is 11.5 Å². The second-order valence-electron chi connectivity index (χ2n) is 5.55. The summed E-state index contributed by atoms with van der Waals surface area (Å²) in [4.78, 5) is 14.2. The zero-order valence-corrected chi connectivity index (χ0v) is 15.4. The maximum atomic E-state index is 12.2. The van der Waals surface area contributed by atoms with E-state index in [1.165, 1.54) is 12.1 Å². The van der Waals surface area contributed by atoms with Crippen molar-refractivity contribution in [1.29, 1.82) is 0 Å². The number of carbonyl (C=O) groups is 1. The van der Waals surface area contributed by atoms with Gasteiger partial charge in [0.25, 0.3) is 10.0 Å². The third-order valence-corrected chi connectivity index (χ3v) is 4.80. The van der Waals surface area contributed by atoms with Gasteiger partial charge in [0, 0.05) is 18.8 Å². The van der Waals surface area contributed by atoms with Gasteiger partial charge in [-0.25, -0.2) is 4.79 Å². The lowest BCUT2D eigenvalue weighted by atomic mass is 10.2. The number of ether oxygens (including phenoxy) is 1. The van der Waals surface area contributed by atoms with Gasteiger partial charge >= 0.3 is 5.97 Å². The van der Waals surface area contributed by atoms with Crippen molar-refractivity contribution in [3.63, 3.8) is 0 Å². The molecule has 1 N–H and O–H groups in total. The van der Waals surface area contributed by atoms with E-state index in [1.807, 2.05) is 6.92 Å². The van der Waals surface area contributed by atoms with Gasteiger partial charge in [0.2, 0.25) is 0 Å². The molecule has 0 atom stereocenters. The summed E-state index contributed by atoms with van der Waals surface area (Å²) in [5, 5.41) is 3.94. The van der Waals surface area contributed by atoms with Crippen molar-refractivity contribution < 1.29 is 17.9 Å². The Bertz CT molecular complexity index is 896. The zero-order valence-electron chi connectivity index (χ0n) is 14.6. The predicted octanol–water partition coefficient (Wildman–Crippen LogP) is 2.21. The number of rotatable bonds is 6. The third kappa shape index (κ3) is 4.48. The molecule has 2 aromatic rings. The van der Waals surface area contributed by atoms with Crippen LogP contribution < -0.4 is 4.83 Å². The molecule has 1 aromatic heterocycles. The number of sulfonamides is 1. The SMILES string of the molecule is CCOC(=O)c1cc(/C(C)=N/NS(=O)(=O)c2ccc(C)cc2)cn1C. The van der Waals surface area contributed by atoms with Crippen molar-refractivity contribution in [2.75, 3.05) is 6.61 Å². The van der Waals surface area contributed by atoms with E-state index in [0.29, 0.717) is 17.0 Å². The summed E-state index contributed by atoms with van der Waals surface area (Å²) in [6, 6.07) is 8.08. The maximum absolute atomic E-state index is 12.2. The Morgan fingerprint density at radius 1 is 1.28 bits per heavy atom.